The van der Waals surface area contributed by atoms with Crippen molar-refractivity contribution in [3.63, 3.8) is 0 Å². The van der Waals surface area contributed by atoms with E-state index in [9.17, 15) is 8.78 Å². The predicted octanol–water partition coefficient (Wildman–Crippen LogP) is 5.92. The second-order valence-corrected chi connectivity index (χ2v) is 7.48. The number of halogens is 2. The zero-order valence-electron chi connectivity index (χ0n) is 14.7. The molecule has 0 bridgehead atoms. The van der Waals surface area contributed by atoms with Crippen LogP contribution in [0.3, 0.4) is 0 Å². The molecule has 0 fully saturated rings. The van der Waals surface area contributed by atoms with Gasteiger partial charge in [-0.2, -0.15) is 0 Å². The van der Waals surface area contributed by atoms with Gasteiger partial charge in [-0.05, 0) is 97.2 Å². The molecular formula is C23H24F2. The van der Waals surface area contributed by atoms with Crippen LogP contribution in [0.1, 0.15) is 53.5 Å². The van der Waals surface area contributed by atoms with Gasteiger partial charge in [-0.3, -0.25) is 0 Å². The van der Waals surface area contributed by atoms with E-state index in [1.807, 2.05) is 0 Å². The van der Waals surface area contributed by atoms with Crippen molar-refractivity contribution in [2.45, 2.75) is 51.4 Å². The molecular weight excluding hydrogens is 314 g/mol. The van der Waals surface area contributed by atoms with Crippen molar-refractivity contribution in [1.82, 2.24) is 0 Å². The molecule has 25 heavy (non-hydrogen) atoms. The summed E-state index contributed by atoms with van der Waals surface area (Å²) >= 11 is 0. The first kappa shape index (κ1) is 16.5. The molecule has 130 valence electrons. The van der Waals surface area contributed by atoms with Crippen LogP contribution in [0, 0.1) is 17.6 Å². The van der Waals surface area contributed by atoms with Gasteiger partial charge in [-0.1, -0.05) is 30.4 Å². The number of benzene rings is 2. The summed E-state index contributed by atoms with van der Waals surface area (Å²) in [6.45, 7) is 2.10. The Balaban J connectivity index is 1.59. The summed E-state index contributed by atoms with van der Waals surface area (Å²) in [6, 6.07) is 8.96. The lowest BCUT2D eigenvalue weighted by Gasteiger charge is -2.31. The maximum absolute atomic E-state index is 13.6. The Morgan fingerprint density at radius 2 is 1.60 bits per heavy atom. The quantitative estimate of drug-likeness (QED) is 0.596. The fraction of sp³-hybridized carbons (Fsp3) is 0.391. The van der Waals surface area contributed by atoms with Gasteiger partial charge in [0.2, 0.25) is 0 Å². The van der Waals surface area contributed by atoms with Crippen LogP contribution in [-0.4, -0.2) is 0 Å². The predicted molar refractivity (Wildman–Crippen MR) is 97.9 cm³/mol. The molecule has 0 radical (unpaired) electrons. The molecule has 2 aromatic carbocycles. The third kappa shape index (κ3) is 3.15. The summed E-state index contributed by atoms with van der Waals surface area (Å²) in [6.07, 6.45) is 11.1. The minimum absolute atomic E-state index is 0.292. The van der Waals surface area contributed by atoms with Crippen molar-refractivity contribution in [3.05, 3.63) is 81.9 Å². The topological polar surface area (TPSA) is 0 Å². The molecule has 0 N–H and O–H groups in total. The summed E-state index contributed by atoms with van der Waals surface area (Å²) in [5, 5.41) is 0. The van der Waals surface area contributed by atoms with Crippen LogP contribution < -0.4 is 0 Å². The van der Waals surface area contributed by atoms with Gasteiger partial charge in [0.1, 0.15) is 0 Å². The lowest BCUT2D eigenvalue weighted by molar-refractivity contribution is 0.500. The number of hydrogen-bond acceptors (Lipinski definition) is 0. The molecule has 0 amide bonds. The smallest absolute Gasteiger partial charge is 0.159 e. The molecule has 0 nitrogen and oxygen atoms in total. The van der Waals surface area contributed by atoms with Crippen LogP contribution >= 0.6 is 0 Å². The number of allylic oxidation sites excluding steroid dienone is 2. The molecule has 0 unspecified atom stereocenters. The summed E-state index contributed by atoms with van der Waals surface area (Å²) in [4.78, 5) is 0. The summed E-state index contributed by atoms with van der Waals surface area (Å²) in [5.74, 6) is -0.525. The van der Waals surface area contributed by atoms with Crippen molar-refractivity contribution in [2.75, 3.05) is 0 Å². The average molecular weight is 338 g/mol. The fourth-order valence-corrected chi connectivity index (χ4v) is 4.68. The van der Waals surface area contributed by atoms with E-state index in [4.69, 9.17) is 0 Å². The van der Waals surface area contributed by atoms with Gasteiger partial charge in [-0.25, -0.2) is 8.78 Å². The van der Waals surface area contributed by atoms with Crippen LogP contribution in [0.4, 0.5) is 8.78 Å². The van der Waals surface area contributed by atoms with Crippen molar-refractivity contribution in [3.8, 4) is 0 Å². The van der Waals surface area contributed by atoms with Gasteiger partial charge in [0.15, 0.2) is 11.6 Å². The first-order valence-electron chi connectivity index (χ1n) is 9.36. The lowest BCUT2D eigenvalue weighted by Crippen LogP contribution is -2.20. The Morgan fingerprint density at radius 3 is 2.32 bits per heavy atom. The van der Waals surface area contributed by atoms with Gasteiger partial charge in [0.05, 0.1) is 0 Å². The second-order valence-electron chi connectivity index (χ2n) is 7.48. The lowest BCUT2D eigenvalue weighted by atomic mass is 9.74. The summed E-state index contributed by atoms with van der Waals surface area (Å²) in [5.41, 5.74) is 6.95. The maximum Gasteiger partial charge on any atom is 0.159 e. The van der Waals surface area contributed by atoms with Gasteiger partial charge in [-0.15, -0.1) is 0 Å². The van der Waals surface area contributed by atoms with E-state index in [1.165, 1.54) is 41.7 Å². The van der Waals surface area contributed by atoms with E-state index in [-0.39, 0.29) is 0 Å². The zero-order chi connectivity index (χ0) is 17.4. The molecule has 0 saturated carbocycles. The van der Waals surface area contributed by atoms with Gasteiger partial charge in [0, 0.05) is 0 Å². The van der Waals surface area contributed by atoms with Crippen molar-refractivity contribution in [2.24, 2.45) is 5.92 Å². The van der Waals surface area contributed by atoms with Crippen LogP contribution in [0.2, 0.25) is 0 Å². The third-order valence-corrected chi connectivity index (χ3v) is 5.96. The molecule has 2 heteroatoms. The highest BCUT2D eigenvalue weighted by atomic mass is 19.2. The van der Waals surface area contributed by atoms with E-state index >= 15 is 0 Å². The summed E-state index contributed by atoms with van der Waals surface area (Å²) < 4.78 is 26.8. The molecule has 4 rings (SSSR count). The van der Waals surface area contributed by atoms with Gasteiger partial charge in [0.25, 0.3) is 0 Å². The Morgan fingerprint density at radius 1 is 0.880 bits per heavy atom. The molecule has 2 aromatic rings. The Hall–Kier alpha value is -1.96. The van der Waals surface area contributed by atoms with Gasteiger partial charge < -0.3 is 0 Å². The molecule has 0 heterocycles. The van der Waals surface area contributed by atoms with E-state index in [0.29, 0.717) is 11.8 Å². The highest BCUT2D eigenvalue weighted by Gasteiger charge is 2.26. The van der Waals surface area contributed by atoms with Crippen LogP contribution in [-0.2, 0) is 25.7 Å². The summed E-state index contributed by atoms with van der Waals surface area (Å²) in [7, 11) is 0. The first-order valence-corrected chi connectivity index (χ1v) is 9.36. The Labute approximate surface area is 148 Å². The minimum atomic E-state index is -0.760. The molecule has 0 saturated heterocycles. The highest BCUT2D eigenvalue weighted by molar-refractivity contribution is 5.45. The van der Waals surface area contributed by atoms with E-state index in [2.05, 4.69) is 31.2 Å². The van der Waals surface area contributed by atoms with Crippen molar-refractivity contribution in [1.29, 1.82) is 0 Å². The molecule has 2 aliphatic rings. The maximum atomic E-state index is 13.6. The Bertz CT molecular complexity index is 819. The van der Waals surface area contributed by atoms with Crippen LogP contribution in [0.15, 0.2) is 42.5 Å². The van der Waals surface area contributed by atoms with Crippen molar-refractivity contribution >= 4 is 0 Å². The van der Waals surface area contributed by atoms with E-state index < -0.39 is 11.6 Å². The SMILES string of the molecule is C/C=C\[C@H]1CCc2c(ccc3c2CC[C@H](c2ccc(F)c(F)c2)C3)C1. The monoisotopic (exact) mass is 338 g/mol. The Kier molecular flexibility index (Phi) is 4.45. The second kappa shape index (κ2) is 6.74. The zero-order valence-corrected chi connectivity index (χ0v) is 14.7. The molecule has 0 spiro atoms. The fourth-order valence-electron chi connectivity index (χ4n) is 4.68. The molecule has 0 aromatic heterocycles. The van der Waals surface area contributed by atoms with Gasteiger partial charge >= 0.3 is 0 Å². The third-order valence-electron chi connectivity index (χ3n) is 5.96. The van der Waals surface area contributed by atoms with Crippen molar-refractivity contribution < 1.29 is 8.78 Å². The molecule has 2 atom stereocenters. The van der Waals surface area contributed by atoms with Crippen LogP contribution in [0.5, 0.6) is 0 Å². The highest BCUT2D eigenvalue weighted by Crippen LogP contribution is 2.38. The average Bonchev–Trinajstić information content (AvgIpc) is 2.63. The van der Waals surface area contributed by atoms with E-state index in [0.717, 1.165) is 31.2 Å². The normalized spacial score (nSPS) is 22.7. The largest absolute Gasteiger partial charge is 0.204 e. The van der Waals surface area contributed by atoms with E-state index in [1.54, 1.807) is 11.6 Å². The number of rotatable bonds is 2. The standard InChI is InChI=1S/C23H24F2/c1-2-3-15-4-9-20-18(12-15)5-6-19-13-16(7-10-21(19)20)17-8-11-22(24)23(25)14-17/h2-3,5-6,8,11,14-16H,4,7,9-10,12-13H2,1H3/b3-2-/t15-,16-/m0/s1. The number of fused-ring (bicyclic) bond motifs is 3. The minimum Gasteiger partial charge on any atom is -0.204 e. The molecule has 2 aliphatic carbocycles. The molecule has 0 aliphatic heterocycles. The van der Waals surface area contributed by atoms with Crippen LogP contribution in [0.25, 0.3) is 0 Å². The number of hydrogen-bond donors (Lipinski definition) is 0. The first-order chi connectivity index (χ1) is 12.2.